The number of hydrogen-bond acceptors (Lipinski definition) is 2. The molecular weight excluding hydrogens is 1160 g/mol. The number of allylic oxidation sites excluding steroid dienone is 10. The van der Waals surface area contributed by atoms with Crippen molar-refractivity contribution in [3.8, 4) is 22.3 Å². The molecule has 0 spiro atoms. The summed E-state index contributed by atoms with van der Waals surface area (Å²) in [7, 11) is 0. The van der Waals surface area contributed by atoms with Crippen LogP contribution in [0.1, 0.15) is 72.7 Å². The second-order valence-electron chi connectivity index (χ2n) is 25.4. The Morgan fingerprint density at radius 1 is 0.271 bits per heavy atom. The maximum absolute atomic E-state index is 2.52. The zero-order valence-corrected chi connectivity index (χ0v) is 53.3. The number of nitrogens with zero attached hydrogens (tertiary/aromatic N) is 2. The van der Waals surface area contributed by atoms with Crippen LogP contribution in [0.15, 0.2) is 351 Å². The van der Waals surface area contributed by atoms with Crippen molar-refractivity contribution in [3.05, 3.63) is 418 Å². The summed E-state index contributed by atoms with van der Waals surface area (Å²) in [4.78, 5) is 4.71. The van der Waals surface area contributed by atoms with E-state index in [9.17, 15) is 0 Å². The first-order valence-corrected chi connectivity index (χ1v) is 33.6. The van der Waals surface area contributed by atoms with Crippen LogP contribution >= 0.6 is 0 Å². The van der Waals surface area contributed by atoms with Gasteiger partial charge in [-0.05, 0) is 220 Å². The molecule has 13 aromatic rings. The zero-order valence-electron chi connectivity index (χ0n) is 53.3. The molecule has 13 aromatic carbocycles. The predicted octanol–water partition coefficient (Wildman–Crippen LogP) is 24.8. The van der Waals surface area contributed by atoms with Gasteiger partial charge in [0, 0.05) is 40.0 Å². The molecule has 17 rings (SSSR count). The van der Waals surface area contributed by atoms with E-state index in [1.807, 2.05) is 0 Å². The number of rotatable bonds is 14. The topological polar surface area (TPSA) is 6.48 Å². The highest BCUT2D eigenvalue weighted by molar-refractivity contribution is 6.12. The summed E-state index contributed by atoms with van der Waals surface area (Å²) < 4.78 is 0. The fourth-order valence-electron chi connectivity index (χ4n) is 15.1. The van der Waals surface area contributed by atoms with Crippen LogP contribution in [-0.2, 0) is 19.3 Å². The van der Waals surface area contributed by atoms with Crippen molar-refractivity contribution < 1.29 is 0 Å². The van der Waals surface area contributed by atoms with Gasteiger partial charge in [-0.25, -0.2) is 0 Å². The summed E-state index contributed by atoms with van der Waals surface area (Å²) in [5, 5.41) is 2.62. The average molecular weight is 1230 g/mol. The van der Waals surface area contributed by atoms with E-state index in [4.69, 9.17) is 0 Å². The Morgan fingerprint density at radius 3 is 1.32 bits per heavy atom. The smallest absolute Gasteiger partial charge is 0.0462 e. The van der Waals surface area contributed by atoms with E-state index in [1.165, 1.54) is 117 Å². The van der Waals surface area contributed by atoms with Crippen LogP contribution in [0.5, 0.6) is 0 Å². The third-order valence-electron chi connectivity index (χ3n) is 19.8. The lowest BCUT2D eigenvalue weighted by molar-refractivity contribution is 0.967. The van der Waals surface area contributed by atoms with E-state index in [1.54, 1.807) is 0 Å². The molecule has 2 heteroatoms. The highest BCUT2D eigenvalue weighted by Gasteiger charge is 2.34. The van der Waals surface area contributed by atoms with Crippen LogP contribution in [0.4, 0.5) is 34.1 Å². The van der Waals surface area contributed by atoms with Crippen molar-refractivity contribution in [3.63, 3.8) is 0 Å². The van der Waals surface area contributed by atoms with Gasteiger partial charge in [-0.15, -0.1) is 0 Å². The summed E-state index contributed by atoms with van der Waals surface area (Å²) in [5.74, 6) is 0.0511. The molecule has 0 fully saturated rings. The van der Waals surface area contributed by atoms with Gasteiger partial charge in [0.15, 0.2) is 0 Å². The lowest BCUT2D eigenvalue weighted by Gasteiger charge is -2.34. The molecule has 4 aliphatic carbocycles. The van der Waals surface area contributed by atoms with Crippen LogP contribution in [0.25, 0.3) is 79.6 Å². The maximum Gasteiger partial charge on any atom is 0.0462 e. The molecule has 454 valence electrons. The van der Waals surface area contributed by atoms with E-state index in [2.05, 4.69) is 380 Å². The number of benzene rings is 13. The molecule has 2 nitrogen and oxygen atoms in total. The van der Waals surface area contributed by atoms with Gasteiger partial charge in [0.1, 0.15) is 0 Å². The van der Waals surface area contributed by atoms with Gasteiger partial charge in [0.25, 0.3) is 0 Å². The highest BCUT2D eigenvalue weighted by Crippen LogP contribution is 2.53. The van der Waals surface area contributed by atoms with Crippen molar-refractivity contribution in [2.24, 2.45) is 0 Å². The van der Waals surface area contributed by atoms with Gasteiger partial charge in [-0.2, -0.15) is 0 Å². The van der Waals surface area contributed by atoms with Gasteiger partial charge in [-0.1, -0.05) is 297 Å². The summed E-state index contributed by atoms with van der Waals surface area (Å²) in [5.41, 5.74) is 33.6. The van der Waals surface area contributed by atoms with Gasteiger partial charge >= 0.3 is 0 Å². The third kappa shape index (κ3) is 11.1. The quantitative estimate of drug-likeness (QED) is 0.100. The summed E-state index contributed by atoms with van der Waals surface area (Å²) in [6.07, 6.45) is 23.6. The first kappa shape index (κ1) is 57.8. The van der Waals surface area contributed by atoms with Gasteiger partial charge < -0.3 is 9.80 Å². The molecule has 0 N–H and O–H groups in total. The summed E-state index contributed by atoms with van der Waals surface area (Å²) in [6.45, 7) is 0. The molecule has 0 aromatic heterocycles. The molecule has 1 unspecified atom stereocenters. The Hall–Kier alpha value is -12.1. The van der Waals surface area contributed by atoms with Crippen LogP contribution in [0, 0.1) is 0 Å². The summed E-state index contributed by atoms with van der Waals surface area (Å²) in [6, 6.07) is 116. The van der Waals surface area contributed by atoms with Gasteiger partial charge in [0.2, 0.25) is 0 Å². The Kier molecular flexibility index (Phi) is 15.3. The lowest BCUT2D eigenvalue weighted by atomic mass is 9.69. The molecule has 0 heterocycles. The predicted molar refractivity (Wildman–Crippen MR) is 408 cm³/mol. The Bertz CT molecular complexity index is 5280. The van der Waals surface area contributed by atoms with Crippen LogP contribution in [0.2, 0.25) is 0 Å². The SMILES string of the molecule is C(=Cc1ccc(N(c2ccccc2)c2ccc(C3=CC=C(c4ccc(-c5ccc(-c6ccc(N(c7ccccc7)c7ccc(C=Cc8ccccc8)cc7)cc6)c6c5CC=C5C6=CCc6ccccc65)cc4)C4C3=CCc3c4ccc4ccccc34)cc2)cc1)c1ccccc1. The molecular formula is C94H68N2. The second kappa shape index (κ2) is 25.4. The lowest BCUT2D eigenvalue weighted by Crippen LogP contribution is -2.17. The monoisotopic (exact) mass is 1220 g/mol. The first-order valence-electron chi connectivity index (χ1n) is 33.6. The molecule has 1 atom stereocenters. The molecule has 0 radical (unpaired) electrons. The largest absolute Gasteiger partial charge is 0.311 e. The molecule has 0 amide bonds. The molecule has 0 saturated heterocycles. The van der Waals surface area contributed by atoms with E-state index >= 15 is 0 Å². The average Bonchev–Trinajstić information content (AvgIpc) is 0.753. The van der Waals surface area contributed by atoms with Crippen LogP contribution < -0.4 is 9.80 Å². The molecule has 0 bridgehead atoms. The Balaban J connectivity index is 0.712. The fraction of sp³-hybridized carbons (Fsp3) is 0.0426. The minimum Gasteiger partial charge on any atom is -0.311 e. The number of anilines is 6. The second-order valence-corrected chi connectivity index (χ2v) is 25.4. The minimum absolute atomic E-state index is 0.0511. The van der Waals surface area contributed by atoms with Crippen molar-refractivity contribution >= 4 is 91.5 Å². The Morgan fingerprint density at radius 2 is 0.719 bits per heavy atom. The number of fused-ring (bicyclic) bond motifs is 10. The number of para-hydroxylation sites is 2. The van der Waals surface area contributed by atoms with E-state index in [0.29, 0.717) is 0 Å². The molecule has 0 saturated carbocycles. The fourth-order valence-corrected chi connectivity index (χ4v) is 15.1. The van der Waals surface area contributed by atoms with Crippen LogP contribution in [-0.4, -0.2) is 0 Å². The van der Waals surface area contributed by atoms with Crippen LogP contribution in [0.3, 0.4) is 0 Å². The molecule has 0 aliphatic heterocycles. The van der Waals surface area contributed by atoms with E-state index in [-0.39, 0.29) is 5.92 Å². The number of hydrogen-bond donors (Lipinski definition) is 0. The molecule has 96 heavy (non-hydrogen) atoms. The minimum atomic E-state index is 0.0511. The van der Waals surface area contributed by atoms with Gasteiger partial charge in [0.05, 0.1) is 0 Å². The van der Waals surface area contributed by atoms with Crippen molar-refractivity contribution in [1.82, 2.24) is 0 Å². The maximum atomic E-state index is 2.52. The Labute approximate surface area is 563 Å². The van der Waals surface area contributed by atoms with Crippen molar-refractivity contribution in [2.75, 3.05) is 9.80 Å². The van der Waals surface area contributed by atoms with Crippen molar-refractivity contribution in [1.29, 1.82) is 0 Å². The standard InChI is InChI=1S/C94H68N2/c1-5-17-65(18-6-1)29-31-67-33-47-77(48-34-67)95(75-23-9-3-10-24-75)79-51-41-72(42-52-79)84-58-59-85(93-90(84)64-62-87-81-27-15-13-21-69(81)45-55-91(87)93)73-39-37-71(38-40-73)83-57-60-86(94-89(83)63-61-88-82-28-16-14-22-70(82)46-56-92(88)94)74-43-53-80(54-44-74)96(76-25-11-4-12-26-76)78-49-35-68(36-50-78)32-30-66-19-7-2-8-20-66/h1-45,47-61,64,93H,46,62-63H2. The van der Waals surface area contributed by atoms with E-state index < -0.39 is 0 Å². The first-order chi connectivity index (χ1) is 47.6. The third-order valence-corrected chi connectivity index (χ3v) is 19.8. The van der Waals surface area contributed by atoms with Gasteiger partial charge in [-0.3, -0.25) is 0 Å². The molecule has 4 aliphatic rings. The normalized spacial score (nSPS) is 14.5. The zero-order chi connectivity index (χ0) is 63.7. The highest BCUT2D eigenvalue weighted by atomic mass is 15.1. The van der Waals surface area contributed by atoms with Crippen molar-refractivity contribution in [2.45, 2.75) is 25.2 Å². The summed E-state index contributed by atoms with van der Waals surface area (Å²) >= 11 is 0. The van der Waals surface area contributed by atoms with E-state index in [0.717, 1.165) is 64.5 Å².